The van der Waals surface area contributed by atoms with E-state index in [1.54, 1.807) is 13.1 Å². The number of oxazole rings is 1. The normalized spacial score (nSPS) is 10.5. The van der Waals surface area contributed by atoms with Crippen molar-refractivity contribution in [3.05, 3.63) is 45.3 Å². The predicted octanol–water partition coefficient (Wildman–Crippen LogP) is 2.52. The van der Waals surface area contributed by atoms with E-state index >= 15 is 0 Å². The minimum atomic E-state index is -0.464. The SMILES string of the molecule is Cc1cnc(NCc2nc(C)c(C)o2)c([N+](=O)[O-])c1. The second kappa shape index (κ2) is 5.05. The zero-order valence-electron chi connectivity index (χ0n) is 10.9. The molecule has 7 nitrogen and oxygen atoms in total. The molecule has 1 N–H and O–H groups in total. The molecule has 0 atom stereocenters. The smallest absolute Gasteiger partial charge is 0.311 e. The maximum atomic E-state index is 10.9. The lowest BCUT2D eigenvalue weighted by Crippen LogP contribution is -2.05. The fraction of sp³-hybridized carbons (Fsp3) is 0.333. The number of aryl methyl sites for hydroxylation is 3. The summed E-state index contributed by atoms with van der Waals surface area (Å²) < 4.78 is 5.39. The number of rotatable bonds is 4. The molecule has 2 aromatic rings. The second-order valence-electron chi connectivity index (χ2n) is 4.24. The van der Waals surface area contributed by atoms with Crippen molar-refractivity contribution in [1.82, 2.24) is 9.97 Å². The van der Waals surface area contributed by atoms with Gasteiger partial charge < -0.3 is 9.73 Å². The van der Waals surface area contributed by atoms with E-state index in [0.29, 0.717) is 5.89 Å². The number of hydrogen-bond acceptors (Lipinski definition) is 6. The Morgan fingerprint density at radius 1 is 1.42 bits per heavy atom. The largest absolute Gasteiger partial charge is 0.444 e. The summed E-state index contributed by atoms with van der Waals surface area (Å²) in [7, 11) is 0. The molecule has 0 aromatic carbocycles. The van der Waals surface area contributed by atoms with Crippen LogP contribution in [0, 0.1) is 30.9 Å². The number of aromatic nitrogens is 2. The Bertz CT molecular complexity index is 602. The Hall–Kier alpha value is -2.44. The standard InChI is InChI=1S/C12H14N4O3/c1-7-4-10(16(17)18)12(13-5-7)14-6-11-15-8(2)9(3)19-11/h4-5H,6H2,1-3H3,(H,13,14). The molecule has 0 fully saturated rings. The quantitative estimate of drug-likeness (QED) is 0.672. The van der Waals surface area contributed by atoms with Crippen LogP contribution in [0.4, 0.5) is 11.5 Å². The summed E-state index contributed by atoms with van der Waals surface area (Å²) >= 11 is 0. The van der Waals surface area contributed by atoms with Gasteiger partial charge in [0, 0.05) is 12.3 Å². The highest BCUT2D eigenvalue weighted by atomic mass is 16.6. The van der Waals surface area contributed by atoms with E-state index in [4.69, 9.17) is 4.42 Å². The van der Waals surface area contributed by atoms with Gasteiger partial charge in [0.05, 0.1) is 17.2 Å². The first-order chi connectivity index (χ1) is 8.97. The summed E-state index contributed by atoms with van der Waals surface area (Å²) in [5.74, 6) is 1.43. The van der Waals surface area contributed by atoms with Crippen molar-refractivity contribution in [2.75, 3.05) is 5.32 Å². The van der Waals surface area contributed by atoms with Gasteiger partial charge in [-0.05, 0) is 26.3 Å². The lowest BCUT2D eigenvalue weighted by Gasteiger charge is -2.04. The van der Waals surface area contributed by atoms with Gasteiger partial charge in [-0.3, -0.25) is 10.1 Å². The van der Waals surface area contributed by atoms with Gasteiger partial charge in [-0.1, -0.05) is 0 Å². The highest BCUT2D eigenvalue weighted by molar-refractivity contribution is 5.56. The molecule has 0 radical (unpaired) electrons. The van der Waals surface area contributed by atoms with E-state index in [0.717, 1.165) is 17.0 Å². The number of anilines is 1. The van der Waals surface area contributed by atoms with Crippen LogP contribution in [-0.4, -0.2) is 14.9 Å². The van der Waals surface area contributed by atoms with E-state index in [1.165, 1.54) is 6.07 Å². The molecule has 19 heavy (non-hydrogen) atoms. The van der Waals surface area contributed by atoms with Crippen molar-refractivity contribution in [2.45, 2.75) is 27.3 Å². The second-order valence-corrected chi connectivity index (χ2v) is 4.24. The van der Waals surface area contributed by atoms with Gasteiger partial charge in [0.25, 0.3) is 0 Å². The summed E-state index contributed by atoms with van der Waals surface area (Å²) in [6.45, 7) is 5.67. The van der Waals surface area contributed by atoms with Crippen molar-refractivity contribution >= 4 is 11.5 Å². The third-order valence-electron chi connectivity index (χ3n) is 2.68. The van der Waals surface area contributed by atoms with E-state index in [2.05, 4.69) is 15.3 Å². The van der Waals surface area contributed by atoms with Crippen LogP contribution >= 0.6 is 0 Å². The Labute approximate surface area is 109 Å². The van der Waals surface area contributed by atoms with E-state index < -0.39 is 4.92 Å². The Balaban J connectivity index is 2.17. The number of nitrogens with zero attached hydrogens (tertiary/aromatic N) is 3. The molecule has 0 saturated carbocycles. The van der Waals surface area contributed by atoms with Gasteiger partial charge in [0.1, 0.15) is 5.76 Å². The first kappa shape index (κ1) is 13.0. The van der Waals surface area contributed by atoms with E-state index in [9.17, 15) is 10.1 Å². The van der Waals surface area contributed by atoms with Crippen molar-refractivity contribution in [3.63, 3.8) is 0 Å². The first-order valence-electron chi connectivity index (χ1n) is 5.75. The number of pyridine rings is 1. The maximum absolute atomic E-state index is 10.9. The molecule has 0 bridgehead atoms. The summed E-state index contributed by atoms with van der Waals surface area (Å²) in [5, 5.41) is 13.8. The minimum absolute atomic E-state index is 0.0556. The summed E-state index contributed by atoms with van der Waals surface area (Å²) in [4.78, 5) is 18.7. The van der Waals surface area contributed by atoms with E-state index in [-0.39, 0.29) is 18.1 Å². The minimum Gasteiger partial charge on any atom is -0.444 e. The molecule has 2 rings (SSSR count). The van der Waals surface area contributed by atoms with Crippen LogP contribution in [0.5, 0.6) is 0 Å². The van der Waals surface area contributed by atoms with E-state index in [1.807, 2.05) is 13.8 Å². The fourth-order valence-corrected chi connectivity index (χ4v) is 1.60. The molecule has 0 saturated heterocycles. The van der Waals surface area contributed by atoms with Crippen LogP contribution in [0.2, 0.25) is 0 Å². The third-order valence-corrected chi connectivity index (χ3v) is 2.68. The van der Waals surface area contributed by atoms with Crippen LogP contribution in [0.1, 0.15) is 22.9 Å². The molecule has 2 aromatic heterocycles. The summed E-state index contributed by atoms with van der Waals surface area (Å²) in [6.07, 6.45) is 1.57. The third kappa shape index (κ3) is 2.87. The van der Waals surface area contributed by atoms with Gasteiger partial charge in [-0.25, -0.2) is 9.97 Å². The molecule has 0 amide bonds. The van der Waals surface area contributed by atoms with Crippen LogP contribution < -0.4 is 5.32 Å². The highest BCUT2D eigenvalue weighted by Gasteiger charge is 2.16. The highest BCUT2D eigenvalue weighted by Crippen LogP contribution is 2.23. The molecule has 0 aliphatic heterocycles. The molecule has 0 aliphatic carbocycles. The molecular weight excluding hydrogens is 248 g/mol. The van der Waals surface area contributed by atoms with Crippen molar-refractivity contribution < 1.29 is 9.34 Å². The molecule has 2 heterocycles. The van der Waals surface area contributed by atoms with Crippen molar-refractivity contribution in [2.24, 2.45) is 0 Å². The number of nitro groups is 1. The van der Waals surface area contributed by atoms with Crippen LogP contribution in [0.25, 0.3) is 0 Å². The Morgan fingerprint density at radius 2 is 2.16 bits per heavy atom. The van der Waals surface area contributed by atoms with Crippen molar-refractivity contribution in [1.29, 1.82) is 0 Å². The van der Waals surface area contributed by atoms with Gasteiger partial charge in [0.2, 0.25) is 11.7 Å². The maximum Gasteiger partial charge on any atom is 0.311 e. The Kier molecular flexibility index (Phi) is 3.46. The topological polar surface area (TPSA) is 94.1 Å². The van der Waals surface area contributed by atoms with Crippen molar-refractivity contribution in [3.8, 4) is 0 Å². The number of hydrogen-bond donors (Lipinski definition) is 1. The monoisotopic (exact) mass is 262 g/mol. The zero-order chi connectivity index (χ0) is 14.0. The molecule has 0 spiro atoms. The number of nitrogens with one attached hydrogen (secondary N) is 1. The summed E-state index contributed by atoms with van der Waals surface area (Å²) in [5.41, 5.74) is 1.49. The molecule has 7 heteroatoms. The average Bonchev–Trinajstić information content (AvgIpc) is 2.67. The first-order valence-corrected chi connectivity index (χ1v) is 5.75. The molecule has 100 valence electrons. The average molecular weight is 262 g/mol. The van der Waals surface area contributed by atoms with Gasteiger partial charge >= 0.3 is 5.69 Å². The molecular formula is C12H14N4O3. The predicted molar refractivity (Wildman–Crippen MR) is 68.9 cm³/mol. The van der Waals surface area contributed by atoms with Gasteiger partial charge in [-0.15, -0.1) is 0 Å². The zero-order valence-corrected chi connectivity index (χ0v) is 10.9. The summed E-state index contributed by atoms with van der Waals surface area (Å²) in [6, 6.07) is 1.47. The van der Waals surface area contributed by atoms with Gasteiger partial charge in [-0.2, -0.15) is 0 Å². The van der Waals surface area contributed by atoms with Crippen LogP contribution in [0.3, 0.4) is 0 Å². The fourth-order valence-electron chi connectivity index (χ4n) is 1.60. The lowest BCUT2D eigenvalue weighted by molar-refractivity contribution is -0.384. The Morgan fingerprint density at radius 3 is 2.74 bits per heavy atom. The molecule has 0 unspecified atom stereocenters. The van der Waals surface area contributed by atoms with Crippen LogP contribution in [0.15, 0.2) is 16.7 Å². The van der Waals surface area contributed by atoms with Gasteiger partial charge in [0.15, 0.2) is 0 Å². The van der Waals surface area contributed by atoms with Crippen LogP contribution in [-0.2, 0) is 6.54 Å². The molecule has 0 aliphatic rings. The lowest BCUT2D eigenvalue weighted by atomic mass is 10.3.